The van der Waals surface area contributed by atoms with Crippen LogP contribution in [-0.4, -0.2) is 14.2 Å². The molecule has 0 atom stereocenters. The molecule has 24 aromatic carbocycles. The van der Waals surface area contributed by atoms with Crippen molar-refractivity contribution in [3.63, 3.8) is 0 Å². The minimum Gasteiger partial charge on any atom is -0.497 e. The van der Waals surface area contributed by atoms with Crippen molar-refractivity contribution in [3.05, 3.63) is 447 Å². The van der Waals surface area contributed by atoms with Crippen LogP contribution in [0.2, 0.25) is 0 Å². The minimum atomic E-state index is 0.839. The summed E-state index contributed by atoms with van der Waals surface area (Å²) < 4.78 is 11.2. The molecule has 24 aromatic rings. The van der Waals surface area contributed by atoms with Crippen molar-refractivity contribution in [2.24, 2.45) is 0 Å². The first-order chi connectivity index (χ1) is 63.0. The van der Waals surface area contributed by atoms with Crippen molar-refractivity contribution < 1.29 is 9.47 Å². The average molecular weight is 1630 g/mol. The van der Waals surface area contributed by atoms with Gasteiger partial charge in [-0.3, -0.25) is 0 Å². The summed E-state index contributed by atoms with van der Waals surface area (Å²) in [5.74, 6) is 1.68. The van der Waals surface area contributed by atoms with Gasteiger partial charge in [-0.05, 0) is 317 Å². The van der Waals surface area contributed by atoms with Gasteiger partial charge in [0.2, 0.25) is 0 Å². The molecule has 128 heavy (non-hydrogen) atoms. The van der Waals surface area contributed by atoms with E-state index in [0.717, 1.165) is 22.6 Å². The summed E-state index contributed by atoms with van der Waals surface area (Å²) in [7, 11) is 3.45. The maximum absolute atomic E-state index is 5.62. The van der Waals surface area contributed by atoms with Crippen LogP contribution in [0.5, 0.6) is 11.5 Å². The third-order valence-corrected chi connectivity index (χ3v) is 26.9. The van der Waals surface area contributed by atoms with Crippen LogP contribution in [0.15, 0.2) is 425 Å². The Labute approximate surface area is 745 Å². The van der Waals surface area contributed by atoms with Gasteiger partial charge in [-0.2, -0.15) is 0 Å². The van der Waals surface area contributed by atoms with Crippen LogP contribution in [0.1, 0.15) is 22.3 Å². The largest absolute Gasteiger partial charge is 0.497 e. The number of benzene rings is 24. The number of fused-ring (bicyclic) bond motifs is 4. The highest BCUT2D eigenvalue weighted by molar-refractivity contribution is 6.34. The molecule has 0 aliphatic rings. The van der Waals surface area contributed by atoms with Crippen LogP contribution in [-0.2, 0) is 0 Å². The fraction of sp³-hybridized carbons (Fsp3) is 0.0476. The molecule has 0 amide bonds. The molecule has 2 heteroatoms. The molecular formula is C126H88O2. The fourth-order valence-corrected chi connectivity index (χ4v) is 20.9. The van der Waals surface area contributed by atoms with Crippen LogP contribution in [0.25, 0.3) is 241 Å². The van der Waals surface area contributed by atoms with Gasteiger partial charge >= 0.3 is 0 Å². The molecule has 0 aromatic heterocycles. The maximum Gasteiger partial charge on any atom is 0.118 e. The van der Waals surface area contributed by atoms with Gasteiger partial charge in [0.25, 0.3) is 0 Å². The first-order valence-electron chi connectivity index (χ1n) is 44.4. The maximum atomic E-state index is 5.62. The molecule has 0 saturated carbocycles. The van der Waals surface area contributed by atoms with E-state index in [9.17, 15) is 0 Å². The van der Waals surface area contributed by atoms with Crippen LogP contribution in [0, 0.1) is 27.7 Å². The monoisotopic (exact) mass is 1630 g/mol. The lowest BCUT2D eigenvalue weighted by molar-refractivity contribution is 0.415. The van der Waals surface area contributed by atoms with Gasteiger partial charge in [-0.1, -0.05) is 398 Å². The minimum absolute atomic E-state index is 0.839. The Morgan fingerprint density at radius 1 is 0.133 bits per heavy atom. The molecule has 2 nitrogen and oxygen atoms in total. The molecule has 24 rings (SSSR count). The van der Waals surface area contributed by atoms with Gasteiger partial charge in [0.05, 0.1) is 14.2 Å². The zero-order valence-electron chi connectivity index (χ0n) is 72.2. The molecule has 0 saturated heterocycles. The van der Waals surface area contributed by atoms with Crippen LogP contribution < -0.4 is 9.47 Å². The van der Waals surface area contributed by atoms with Crippen molar-refractivity contribution in [2.45, 2.75) is 27.7 Å². The second-order valence-electron chi connectivity index (χ2n) is 34.7. The van der Waals surface area contributed by atoms with Crippen LogP contribution >= 0.6 is 0 Å². The summed E-state index contributed by atoms with van der Waals surface area (Å²) in [6.45, 7) is 8.86. The van der Waals surface area contributed by atoms with Gasteiger partial charge < -0.3 is 9.47 Å². The Balaban J connectivity index is 0.000000146. The van der Waals surface area contributed by atoms with Crippen molar-refractivity contribution >= 4 is 108 Å². The van der Waals surface area contributed by atoms with Gasteiger partial charge in [0.1, 0.15) is 11.5 Å². The van der Waals surface area contributed by atoms with E-state index in [4.69, 9.17) is 9.47 Å². The highest BCUT2D eigenvalue weighted by Crippen LogP contribution is 2.53. The van der Waals surface area contributed by atoms with Crippen molar-refractivity contribution in [1.29, 1.82) is 0 Å². The van der Waals surface area contributed by atoms with Gasteiger partial charge in [-0.25, -0.2) is 0 Å². The standard InChI is InChI=1S/C64H46.C62H42O2/c1-39-31-40(2)34-49(33-39)61-37-59(47-23-19-45(20-24-47)53-17-9-13-43-11-5-7-15-51(43)53)55-28-30-58-62(50-35-41(3)32-42(4)36-50)38-60(56-27-29-57(61)63(55)64(56)58)48-25-21-46(22-26-48)54-18-10-14-44-12-6-8-16-52(44)54;1-63-47-29-25-45(26-30-47)59-37-57(43-21-17-41(18-22-43)51-15-7-11-39-9-3-5-13-49(39)51)53-34-36-56-60(46-27-31-48(64-2)32-28-46)38-58(54-33-35-55(59)61(53)62(54)56)44-23-19-42(20-24-44)52-16-8-12-40-10-4-6-14-50(40)52/h5-38H,1-4H3;3-38H,1-2H3. The van der Waals surface area contributed by atoms with Crippen LogP contribution in [0.3, 0.4) is 0 Å². The van der Waals surface area contributed by atoms with E-state index in [1.165, 1.54) is 252 Å². The Morgan fingerprint density at radius 3 is 0.508 bits per heavy atom. The normalized spacial score (nSPS) is 11.7. The number of hydrogen-bond acceptors (Lipinski definition) is 2. The van der Waals surface area contributed by atoms with Gasteiger partial charge in [0.15, 0.2) is 0 Å². The van der Waals surface area contributed by atoms with E-state index >= 15 is 0 Å². The van der Waals surface area contributed by atoms with Gasteiger partial charge in [-0.15, -0.1) is 0 Å². The van der Waals surface area contributed by atoms with Crippen molar-refractivity contribution in [3.8, 4) is 145 Å². The Kier molecular flexibility index (Phi) is 19.0. The number of aryl methyl sites for hydroxylation is 4. The molecule has 0 aliphatic carbocycles. The molecule has 0 N–H and O–H groups in total. The van der Waals surface area contributed by atoms with E-state index in [1.807, 2.05) is 0 Å². The second-order valence-corrected chi connectivity index (χ2v) is 34.7. The highest BCUT2D eigenvalue weighted by Gasteiger charge is 2.26. The summed E-state index contributed by atoms with van der Waals surface area (Å²) in [6, 6.07) is 158. The molecule has 0 bridgehead atoms. The zero-order chi connectivity index (χ0) is 85.8. The highest BCUT2D eigenvalue weighted by atomic mass is 16.5. The molecule has 0 aliphatic heterocycles. The number of methoxy groups -OCH3 is 2. The second kappa shape index (κ2) is 31.7. The average Bonchev–Trinajstić information content (AvgIpc) is 0.709. The van der Waals surface area contributed by atoms with E-state index in [0.29, 0.717) is 0 Å². The van der Waals surface area contributed by atoms with Gasteiger partial charge in [0, 0.05) is 0 Å². The molecular weight excluding hydrogens is 1550 g/mol. The number of ether oxygens (including phenoxy) is 2. The Bertz CT molecular complexity index is 7930. The van der Waals surface area contributed by atoms with E-state index in [-0.39, 0.29) is 0 Å². The predicted octanol–water partition coefficient (Wildman–Crippen LogP) is 35.0. The first kappa shape index (κ1) is 76.9. The SMILES string of the molecule is COc1ccc(-c2cc(-c3ccc(-c4cccc5ccccc45)cc3)c3ccc4c(-c5ccc(OC)cc5)cc(-c5ccc(-c6cccc7ccccc67)cc5)c5ccc2c3c45)cc1.Cc1cc(C)cc(-c2cc(-c3ccc(-c4cccc5ccccc45)cc3)c3ccc4c(-c5cc(C)cc(C)c5)cc(-c5ccc(-c6cccc7ccccc67)cc5)c5ccc2c3c54)c1. The third kappa shape index (κ3) is 13.4. The lowest BCUT2D eigenvalue weighted by Gasteiger charge is -2.22. The molecule has 0 unspecified atom stereocenters. The predicted molar refractivity (Wildman–Crippen MR) is 548 cm³/mol. The topological polar surface area (TPSA) is 18.5 Å². The quantitative estimate of drug-likeness (QED) is 0.101. The molecule has 0 heterocycles. The summed E-state index contributed by atoms with van der Waals surface area (Å²) in [5, 5.41) is 25.2. The Hall–Kier alpha value is -16.0. The Morgan fingerprint density at radius 2 is 0.305 bits per heavy atom. The van der Waals surface area contributed by atoms with Crippen molar-refractivity contribution in [2.75, 3.05) is 14.2 Å². The van der Waals surface area contributed by atoms with Crippen molar-refractivity contribution in [1.82, 2.24) is 0 Å². The first-order valence-corrected chi connectivity index (χ1v) is 44.4. The van der Waals surface area contributed by atoms with E-state index < -0.39 is 0 Å². The summed E-state index contributed by atoms with van der Waals surface area (Å²) in [4.78, 5) is 0. The summed E-state index contributed by atoms with van der Waals surface area (Å²) in [6.07, 6.45) is 0. The number of rotatable bonds is 14. The van der Waals surface area contributed by atoms with E-state index in [2.05, 4.69) is 452 Å². The molecule has 0 fully saturated rings. The summed E-state index contributed by atoms with van der Waals surface area (Å²) in [5.41, 5.74) is 34.3. The smallest absolute Gasteiger partial charge is 0.118 e. The third-order valence-electron chi connectivity index (χ3n) is 26.9. The van der Waals surface area contributed by atoms with E-state index in [1.54, 1.807) is 14.2 Å². The molecule has 604 valence electrons. The zero-order valence-corrected chi connectivity index (χ0v) is 72.2. The summed E-state index contributed by atoms with van der Waals surface area (Å²) >= 11 is 0. The van der Waals surface area contributed by atoms with Crippen LogP contribution in [0.4, 0.5) is 0 Å². The number of hydrogen-bond donors (Lipinski definition) is 0. The lowest BCUT2D eigenvalue weighted by atomic mass is 9.81. The lowest BCUT2D eigenvalue weighted by Crippen LogP contribution is -1.95. The molecule has 0 radical (unpaired) electrons. The fourth-order valence-electron chi connectivity index (χ4n) is 20.9. The molecule has 0 spiro atoms.